The molecule has 0 bridgehead atoms. The van der Waals surface area contributed by atoms with Gasteiger partial charge in [0.15, 0.2) is 0 Å². The van der Waals surface area contributed by atoms with Crippen molar-refractivity contribution >= 4 is 53.9 Å². The highest BCUT2D eigenvalue weighted by Crippen LogP contribution is 2.47. The Morgan fingerprint density at radius 3 is 1.42 bits per heavy atom. The molecule has 0 aliphatic rings. The minimum Gasteiger partial charge on any atom is -0.0622 e. The van der Waals surface area contributed by atoms with Crippen LogP contribution in [0.3, 0.4) is 0 Å². The van der Waals surface area contributed by atoms with Crippen molar-refractivity contribution in [3.05, 3.63) is 133 Å². The Labute approximate surface area is 209 Å². The van der Waals surface area contributed by atoms with Gasteiger partial charge in [-0.15, -0.1) is 0 Å². The van der Waals surface area contributed by atoms with E-state index in [2.05, 4.69) is 133 Å². The molecule has 0 aliphatic heterocycles. The summed E-state index contributed by atoms with van der Waals surface area (Å²) in [7, 11) is 0. The van der Waals surface area contributed by atoms with E-state index in [-0.39, 0.29) is 0 Å². The molecule has 36 heavy (non-hydrogen) atoms. The van der Waals surface area contributed by atoms with Crippen molar-refractivity contribution in [1.29, 1.82) is 0 Å². The van der Waals surface area contributed by atoms with E-state index in [1.165, 1.54) is 76.1 Å². The van der Waals surface area contributed by atoms with Crippen molar-refractivity contribution in [1.82, 2.24) is 0 Å². The summed E-state index contributed by atoms with van der Waals surface area (Å²) < 4.78 is 0. The van der Waals surface area contributed by atoms with Gasteiger partial charge in [0.2, 0.25) is 0 Å². The van der Waals surface area contributed by atoms with Gasteiger partial charge < -0.3 is 0 Å². The summed E-state index contributed by atoms with van der Waals surface area (Å²) in [5, 5.41) is 13.1. The second-order valence-corrected chi connectivity index (χ2v) is 9.68. The van der Waals surface area contributed by atoms with Crippen molar-refractivity contribution in [2.75, 3.05) is 0 Å². The average Bonchev–Trinajstić information content (AvgIpc) is 2.95. The second-order valence-electron chi connectivity index (χ2n) is 9.68. The third-order valence-electron chi connectivity index (χ3n) is 7.79. The van der Waals surface area contributed by atoms with Gasteiger partial charge in [-0.2, -0.15) is 0 Å². The molecule has 0 unspecified atom stereocenters. The molecule has 0 heteroatoms. The largest absolute Gasteiger partial charge is 0.0622 e. The van der Waals surface area contributed by atoms with Crippen LogP contribution >= 0.6 is 0 Å². The minimum absolute atomic E-state index is 1.26. The Morgan fingerprint density at radius 1 is 0.278 bits per heavy atom. The van der Waals surface area contributed by atoms with Gasteiger partial charge in [0.1, 0.15) is 0 Å². The van der Waals surface area contributed by atoms with Crippen molar-refractivity contribution in [2.24, 2.45) is 0 Å². The van der Waals surface area contributed by atoms with E-state index in [0.29, 0.717) is 0 Å². The number of rotatable bonds is 2. The lowest BCUT2D eigenvalue weighted by Crippen LogP contribution is -1.92. The first-order valence-corrected chi connectivity index (χ1v) is 12.5. The topological polar surface area (TPSA) is 0 Å². The summed E-state index contributed by atoms with van der Waals surface area (Å²) in [4.78, 5) is 0. The van der Waals surface area contributed by atoms with Gasteiger partial charge in [-0.05, 0) is 76.1 Å². The molecule has 0 atom stereocenters. The highest BCUT2D eigenvalue weighted by molar-refractivity contribution is 6.29. The van der Waals surface area contributed by atoms with Crippen LogP contribution in [0.5, 0.6) is 0 Å². The predicted octanol–water partition coefficient (Wildman–Crippen LogP) is 10.2. The SMILES string of the molecule is c1ccc(-c2c3ccccc3c(-c3ccc4ccc5cccc6ccc3c4c56)c3ccccc23)cc1. The van der Waals surface area contributed by atoms with E-state index in [1.54, 1.807) is 0 Å². The van der Waals surface area contributed by atoms with E-state index >= 15 is 0 Å². The van der Waals surface area contributed by atoms with E-state index in [9.17, 15) is 0 Å². The first-order valence-electron chi connectivity index (χ1n) is 12.5. The summed E-state index contributed by atoms with van der Waals surface area (Å²) >= 11 is 0. The van der Waals surface area contributed by atoms with E-state index < -0.39 is 0 Å². The molecule has 8 aromatic carbocycles. The molecule has 0 aliphatic carbocycles. The summed E-state index contributed by atoms with van der Waals surface area (Å²) in [6, 6.07) is 49.0. The first-order chi connectivity index (χ1) is 17.9. The van der Waals surface area contributed by atoms with Crippen LogP contribution < -0.4 is 0 Å². The number of hydrogen-bond donors (Lipinski definition) is 0. The molecule has 0 heterocycles. The van der Waals surface area contributed by atoms with Crippen LogP contribution in [0, 0.1) is 0 Å². The Bertz CT molecular complexity index is 2010. The normalized spacial score (nSPS) is 11.9. The molecule has 0 N–H and O–H groups in total. The molecule has 8 rings (SSSR count). The number of fused-ring (bicyclic) bond motifs is 2. The van der Waals surface area contributed by atoms with Crippen molar-refractivity contribution in [3.63, 3.8) is 0 Å². The van der Waals surface area contributed by atoms with Crippen LogP contribution in [0.4, 0.5) is 0 Å². The van der Waals surface area contributed by atoms with E-state index in [1.807, 2.05) is 0 Å². The van der Waals surface area contributed by atoms with Gasteiger partial charge >= 0.3 is 0 Å². The number of hydrogen-bond acceptors (Lipinski definition) is 0. The molecule has 0 radical (unpaired) electrons. The monoisotopic (exact) mass is 454 g/mol. The summed E-state index contributed by atoms with van der Waals surface area (Å²) in [6.07, 6.45) is 0. The maximum absolute atomic E-state index is 2.33. The highest BCUT2D eigenvalue weighted by Gasteiger charge is 2.19. The fourth-order valence-electron chi connectivity index (χ4n) is 6.29. The van der Waals surface area contributed by atoms with Crippen molar-refractivity contribution in [3.8, 4) is 22.3 Å². The standard InChI is InChI=1S/C36H22/c1-2-9-23(10-3-1)34-27-13-4-6-15-29(27)36(30-16-7-5-14-28(30)34)32-22-20-26-18-17-24-11-8-12-25-19-21-31(32)35(26)33(24)25/h1-22H. The third-order valence-corrected chi connectivity index (χ3v) is 7.79. The zero-order valence-electron chi connectivity index (χ0n) is 19.7. The van der Waals surface area contributed by atoms with Crippen molar-refractivity contribution < 1.29 is 0 Å². The molecule has 0 saturated heterocycles. The van der Waals surface area contributed by atoms with Gasteiger partial charge in [-0.25, -0.2) is 0 Å². The molecular weight excluding hydrogens is 432 g/mol. The average molecular weight is 455 g/mol. The quantitative estimate of drug-likeness (QED) is 0.180. The van der Waals surface area contributed by atoms with Crippen LogP contribution in [0.1, 0.15) is 0 Å². The summed E-state index contributed by atoms with van der Waals surface area (Å²) in [5.41, 5.74) is 5.18. The first kappa shape index (κ1) is 19.6. The Hall–Kier alpha value is -4.68. The van der Waals surface area contributed by atoms with Crippen LogP contribution in [0.2, 0.25) is 0 Å². The van der Waals surface area contributed by atoms with Crippen LogP contribution in [0.15, 0.2) is 133 Å². The van der Waals surface area contributed by atoms with Crippen molar-refractivity contribution in [2.45, 2.75) is 0 Å². The molecule has 166 valence electrons. The molecule has 8 aromatic rings. The molecule has 0 fully saturated rings. The van der Waals surface area contributed by atoms with E-state index in [4.69, 9.17) is 0 Å². The molecular formula is C36H22. The Kier molecular flexibility index (Phi) is 4.03. The van der Waals surface area contributed by atoms with Crippen LogP contribution in [-0.4, -0.2) is 0 Å². The number of benzene rings is 8. The lowest BCUT2D eigenvalue weighted by molar-refractivity contribution is 1.67. The predicted molar refractivity (Wildman–Crippen MR) is 156 cm³/mol. The molecule has 0 saturated carbocycles. The maximum atomic E-state index is 2.33. The molecule has 0 amide bonds. The zero-order chi connectivity index (χ0) is 23.6. The van der Waals surface area contributed by atoms with Gasteiger partial charge in [0.25, 0.3) is 0 Å². The maximum Gasteiger partial charge on any atom is -0.00201 e. The summed E-state index contributed by atoms with van der Waals surface area (Å²) in [6.45, 7) is 0. The molecule has 0 nitrogen and oxygen atoms in total. The Balaban J connectivity index is 1.59. The second kappa shape index (κ2) is 7.41. The van der Waals surface area contributed by atoms with Gasteiger partial charge in [-0.1, -0.05) is 133 Å². The highest BCUT2D eigenvalue weighted by atomic mass is 14.2. The smallest absolute Gasteiger partial charge is 0.00201 e. The lowest BCUT2D eigenvalue weighted by Gasteiger charge is -2.20. The fourth-order valence-corrected chi connectivity index (χ4v) is 6.29. The van der Waals surface area contributed by atoms with Gasteiger partial charge in [-0.3, -0.25) is 0 Å². The lowest BCUT2D eigenvalue weighted by atomic mass is 9.83. The Morgan fingerprint density at radius 2 is 0.778 bits per heavy atom. The minimum atomic E-state index is 1.26. The van der Waals surface area contributed by atoms with E-state index in [0.717, 1.165) is 0 Å². The van der Waals surface area contributed by atoms with Gasteiger partial charge in [0.05, 0.1) is 0 Å². The van der Waals surface area contributed by atoms with Gasteiger partial charge in [0, 0.05) is 0 Å². The zero-order valence-corrected chi connectivity index (χ0v) is 19.7. The molecule has 0 aromatic heterocycles. The third kappa shape index (κ3) is 2.64. The fraction of sp³-hybridized carbons (Fsp3) is 0. The van der Waals surface area contributed by atoms with Crippen LogP contribution in [-0.2, 0) is 0 Å². The molecule has 0 spiro atoms. The summed E-state index contributed by atoms with van der Waals surface area (Å²) in [5.74, 6) is 0. The van der Waals surface area contributed by atoms with Crippen LogP contribution in [0.25, 0.3) is 76.1 Å².